The minimum atomic E-state index is -0.126. The van der Waals surface area contributed by atoms with Crippen LogP contribution in [0.4, 0.5) is 0 Å². The van der Waals surface area contributed by atoms with Crippen molar-refractivity contribution in [2.75, 3.05) is 0 Å². The Morgan fingerprint density at radius 3 is 2.31 bits per heavy atom. The van der Waals surface area contributed by atoms with Gasteiger partial charge in [-0.3, -0.25) is 0 Å². The summed E-state index contributed by atoms with van der Waals surface area (Å²) in [6.45, 7) is 8.20. The van der Waals surface area contributed by atoms with Crippen LogP contribution in [0.1, 0.15) is 26.3 Å². The maximum atomic E-state index is 5.77. The van der Waals surface area contributed by atoms with E-state index in [0.717, 1.165) is 15.8 Å². The Bertz CT molecular complexity index is 299. The molecule has 0 aromatic heterocycles. The molecule has 2 heteroatoms. The van der Waals surface area contributed by atoms with Gasteiger partial charge < -0.3 is 4.74 Å². The smallest absolute Gasteiger partial charge is 0.123 e. The van der Waals surface area contributed by atoms with Crippen LogP contribution in [0.25, 0.3) is 0 Å². The summed E-state index contributed by atoms with van der Waals surface area (Å²) in [4.78, 5) is 0. The quantitative estimate of drug-likeness (QED) is 0.726. The fourth-order valence-electron chi connectivity index (χ4n) is 1.06. The Hall–Kier alpha value is -0.500. The first-order valence-corrected chi connectivity index (χ1v) is 5.13. The van der Waals surface area contributed by atoms with Gasteiger partial charge in [-0.2, -0.15) is 0 Å². The summed E-state index contributed by atoms with van der Waals surface area (Å²) in [6.07, 6.45) is 0. The fourth-order valence-corrected chi connectivity index (χ4v) is 1.53. The second-order valence-corrected chi connectivity index (χ2v) is 5.04. The van der Waals surface area contributed by atoms with E-state index in [4.69, 9.17) is 4.74 Å². The zero-order valence-electron chi connectivity index (χ0n) is 8.52. The van der Waals surface area contributed by atoms with Gasteiger partial charge in [0.25, 0.3) is 0 Å². The van der Waals surface area contributed by atoms with Gasteiger partial charge in [-0.05, 0) is 51.5 Å². The number of hydrogen-bond donors (Lipinski definition) is 0. The van der Waals surface area contributed by atoms with E-state index in [9.17, 15) is 0 Å². The molecule has 0 atom stereocenters. The molecule has 0 radical (unpaired) electrons. The average molecular weight is 243 g/mol. The molecule has 0 amide bonds. The lowest BCUT2D eigenvalue weighted by Crippen LogP contribution is -2.23. The predicted octanol–water partition coefficient (Wildman–Crippen LogP) is 3.93. The van der Waals surface area contributed by atoms with Gasteiger partial charge in [0.05, 0.1) is 0 Å². The second kappa shape index (κ2) is 3.70. The van der Waals surface area contributed by atoms with Crippen LogP contribution in [-0.4, -0.2) is 5.60 Å². The molecule has 0 bridgehead atoms. The molecule has 0 saturated carbocycles. The van der Waals surface area contributed by atoms with Crippen LogP contribution in [0.2, 0.25) is 0 Å². The molecule has 72 valence electrons. The summed E-state index contributed by atoms with van der Waals surface area (Å²) in [7, 11) is 0. The van der Waals surface area contributed by atoms with E-state index >= 15 is 0 Å². The third-order valence-electron chi connectivity index (χ3n) is 1.55. The molecule has 0 heterocycles. The van der Waals surface area contributed by atoms with Crippen molar-refractivity contribution in [3.8, 4) is 5.75 Å². The number of halogens is 1. The van der Waals surface area contributed by atoms with Gasteiger partial charge in [0.2, 0.25) is 0 Å². The Balaban J connectivity index is 2.90. The van der Waals surface area contributed by atoms with Crippen molar-refractivity contribution in [2.45, 2.75) is 33.3 Å². The van der Waals surface area contributed by atoms with Crippen molar-refractivity contribution in [1.29, 1.82) is 0 Å². The van der Waals surface area contributed by atoms with Gasteiger partial charge in [-0.1, -0.05) is 15.9 Å². The summed E-state index contributed by atoms with van der Waals surface area (Å²) in [6, 6.07) is 6.04. The van der Waals surface area contributed by atoms with E-state index in [0.29, 0.717) is 0 Å². The number of hydrogen-bond acceptors (Lipinski definition) is 1. The van der Waals surface area contributed by atoms with Crippen molar-refractivity contribution < 1.29 is 4.74 Å². The number of benzene rings is 1. The molecule has 0 aliphatic carbocycles. The normalized spacial score (nSPS) is 11.5. The highest BCUT2D eigenvalue weighted by molar-refractivity contribution is 9.10. The Morgan fingerprint density at radius 1 is 1.23 bits per heavy atom. The maximum Gasteiger partial charge on any atom is 0.123 e. The molecule has 0 aliphatic rings. The first-order chi connectivity index (χ1) is 5.88. The number of ether oxygens (including phenoxy) is 1. The fraction of sp³-hybridized carbons (Fsp3) is 0.455. The Kier molecular flexibility index (Phi) is 3.01. The number of rotatable bonds is 1. The minimum absolute atomic E-state index is 0.126. The summed E-state index contributed by atoms with van der Waals surface area (Å²) < 4.78 is 6.86. The van der Waals surface area contributed by atoms with Gasteiger partial charge >= 0.3 is 0 Å². The van der Waals surface area contributed by atoms with Crippen LogP contribution in [0.3, 0.4) is 0 Å². The van der Waals surface area contributed by atoms with Crippen molar-refractivity contribution in [3.63, 3.8) is 0 Å². The van der Waals surface area contributed by atoms with Gasteiger partial charge in [-0.15, -0.1) is 0 Å². The van der Waals surface area contributed by atoms with Crippen LogP contribution in [0.15, 0.2) is 22.7 Å². The zero-order valence-corrected chi connectivity index (χ0v) is 10.1. The van der Waals surface area contributed by atoms with Crippen molar-refractivity contribution in [3.05, 3.63) is 28.2 Å². The molecule has 0 aliphatic heterocycles. The van der Waals surface area contributed by atoms with Crippen LogP contribution < -0.4 is 4.74 Å². The molecule has 0 unspecified atom stereocenters. The lowest BCUT2D eigenvalue weighted by molar-refractivity contribution is 0.130. The highest BCUT2D eigenvalue weighted by Crippen LogP contribution is 2.25. The molecule has 0 spiro atoms. The van der Waals surface area contributed by atoms with Crippen LogP contribution in [0, 0.1) is 6.92 Å². The monoisotopic (exact) mass is 242 g/mol. The van der Waals surface area contributed by atoms with E-state index in [1.165, 1.54) is 0 Å². The third-order valence-corrected chi connectivity index (χ3v) is 2.05. The molecule has 13 heavy (non-hydrogen) atoms. The van der Waals surface area contributed by atoms with E-state index in [-0.39, 0.29) is 5.60 Å². The average Bonchev–Trinajstić information content (AvgIpc) is 1.93. The molecule has 0 N–H and O–H groups in total. The summed E-state index contributed by atoms with van der Waals surface area (Å²) in [5.74, 6) is 0.954. The lowest BCUT2D eigenvalue weighted by atomic mass is 10.1. The van der Waals surface area contributed by atoms with E-state index in [1.54, 1.807) is 0 Å². The van der Waals surface area contributed by atoms with Gasteiger partial charge in [0, 0.05) is 4.47 Å². The molecule has 1 rings (SSSR count). The van der Waals surface area contributed by atoms with Crippen LogP contribution in [0.5, 0.6) is 5.75 Å². The SMILES string of the molecule is Cc1cc(Br)ccc1OC(C)(C)C. The molecular weight excluding hydrogens is 228 g/mol. The third kappa shape index (κ3) is 3.39. The van der Waals surface area contributed by atoms with Crippen LogP contribution >= 0.6 is 15.9 Å². The standard InChI is InChI=1S/C11H15BrO/c1-8-7-9(12)5-6-10(8)13-11(2,3)4/h5-7H,1-4H3. The van der Waals surface area contributed by atoms with Crippen molar-refractivity contribution in [2.24, 2.45) is 0 Å². The Morgan fingerprint density at radius 2 is 1.85 bits per heavy atom. The molecule has 1 nitrogen and oxygen atoms in total. The first kappa shape index (κ1) is 10.6. The summed E-state index contributed by atoms with van der Waals surface area (Å²) >= 11 is 3.42. The topological polar surface area (TPSA) is 9.23 Å². The molecular formula is C11H15BrO. The highest BCUT2D eigenvalue weighted by Gasteiger charge is 2.12. The second-order valence-electron chi connectivity index (χ2n) is 4.12. The van der Waals surface area contributed by atoms with Crippen molar-refractivity contribution in [1.82, 2.24) is 0 Å². The van der Waals surface area contributed by atoms with Gasteiger partial charge in [0.15, 0.2) is 0 Å². The predicted molar refractivity (Wildman–Crippen MR) is 59.3 cm³/mol. The summed E-state index contributed by atoms with van der Waals surface area (Å²) in [5, 5.41) is 0. The van der Waals surface area contributed by atoms with E-state index in [2.05, 4.69) is 42.8 Å². The van der Waals surface area contributed by atoms with E-state index in [1.807, 2.05) is 19.1 Å². The molecule has 1 aromatic rings. The maximum absolute atomic E-state index is 5.77. The van der Waals surface area contributed by atoms with Gasteiger partial charge in [0.1, 0.15) is 11.4 Å². The lowest BCUT2D eigenvalue weighted by Gasteiger charge is -2.22. The molecule has 1 aromatic carbocycles. The minimum Gasteiger partial charge on any atom is -0.488 e. The molecule has 0 fully saturated rings. The Labute approximate surface area is 88.2 Å². The largest absolute Gasteiger partial charge is 0.488 e. The van der Waals surface area contributed by atoms with Crippen molar-refractivity contribution >= 4 is 15.9 Å². The zero-order chi connectivity index (χ0) is 10.1. The van der Waals surface area contributed by atoms with E-state index < -0.39 is 0 Å². The van der Waals surface area contributed by atoms with Gasteiger partial charge in [-0.25, -0.2) is 0 Å². The first-order valence-electron chi connectivity index (χ1n) is 4.34. The number of aryl methyl sites for hydroxylation is 1. The van der Waals surface area contributed by atoms with Crippen LogP contribution in [-0.2, 0) is 0 Å². The summed E-state index contributed by atoms with van der Waals surface area (Å²) in [5.41, 5.74) is 1.03. The molecule has 0 saturated heterocycles. The highest BCUT2D eigenvalue weighted by atomic mass is 79.9.